The first-order chi connectivity index (χ1) is 9.80. The Labute approximate surface area is 132 Å². The molecule has 0 fully saturated rings. The van der Waals surface area contributed by atoms with Gasteiger partial charge in [-0.1, -0.05) is 13.8 Å². The van der Waals surface area contributed by atoms with Crippen LogP contribution in [0, 0.1) is 0 Å². The average molecular weight is 334 g/mol. The first kappa shape index (κ1) is 18.5. The Bertz CT molecular complexity index is 538. The van der Waals surface area contributed by atoms with E-state index in [0.29, 0.717) is 17.5 Å². The summed E-state index contributed by atoms with van der Waals surface area (Å²) in [6.07, 6.45) is 3.68. The fourth-order valence-electron chi connectivity index (χ4n) is 2.04. The molecular formula is C14H27N3O2S2. The van der Waals surface area contributed by atoms with E-state index in [1.54, 1.807) is 24.0 Å². The van der Waals surface area contributed by atoms with E-state index in [4.69, 9.17) is 0 Å². The van der Waals surface area contributed by atoms with E-state index < -0.39 is 10.0 Å². The van der Waals surface area contributed by atoms with Crippen LogP contribution in [0.25, 0.3) is 0 Å². The van der Waals surface area contributed by atoms with Gasteiger partial charge in [-0.3, -0.25) is 0 Å². The Morgan fingerprint density at radius 1 is 1.33 bits per heavy atom. The molecule has 0 aliphatic rings. The SMILES string of the molecule is CCn1cc(S(=O)(=O)NC(C)CSC)cc1CNC(C)C. The molecule has 1 atom stereocenters. The van der Waals surface area contributed by atoms with Crippen LogP contribution in [-0.4, -0.2) is 37.1 Å². The first-order valence-electron chi connectivity index (χ1n) is 7.23. The van der Waals surface area contributed by atoms with Gasteiger partial charge < -0.3 is 9.88 Å². The zero-order valence-electron chi connectivity index (χ0n) is 13.5. The molecule has 5 nitrogen and oxygen atoms in total. The van der Waals surface area contributed by atoms with Gasteiger partial charge in [-0.15, -0.1) is 0 Å². The normalized spacial score (nSPS) is 13.8. The lowest BCUT2D eigenvalue weighted by molar-refractivity contribution is 0.561. The summed E-state index contributed by atoms with van der Waals surface area (Å²) in [6, 6.07) is 2.05. The molecule has 2 N–H and O–H groups in total. The molecule has 0 amide bonds. The molecule has 0 saturated carbocycles. The highest BCUT2D eigenvalue weighted by molar-refractivity contribution is 7.98. The monoisotopic (exact) mass is 333 g/mol. The van der Waals surface area contributed by atoms with Crippen molar-refractivity contribution in [2.45, 2.75) is 57.8 Å². The molecule has 0 aromatic carbocycles. The van der Waals surface area contributed by atoms with Crippen molar-refractivity contribution in [3.05, 3.63) is 18.0 Å². The lowest BCUT2D eigenvalue weighted by Gasteiger charge is -2.11. The summed E-state index contributed by atoms with van der Waals surface area (Å²) >= 11 is 1.63. The zero-order valence-corrected chi connectivity index (χ0v) is 15.1. The maximum atomic E-state index is 12.4. The quantitative estimate of drug-likeness (QED) is 0.726. The molecule has 0 radical (unpaired) electrons. The van der Waals surface area contributed by atoms with Crippen LogP contribution >= 0.6 is 11.8 Å². The molecule has 0 saturated heterocycles. The number of aryl methyl sites for hydroxylation is 1. The van der Waals surface area contributed by atoms with Crippen molar-refractivity contribution in [1.29, 1.82) is 0 Å². The second-order valence-corrected chi connectivity index (χ2v) is 8.09. The molecular weight excluding hydrogens is 306 g/mol. The van der Waals surface area contributed by atoms with Gasteiger partial charge in [-0.25, -0.2) is 13.1 Å². The van der Waals surface area contributed by atoms with Crippen molar-refractivity contribution in [1.82, 2.24) is 14.6 Å². The number of nitrogens with one attached hydrogen (secondary N) is 2. The van der Waals surface area contributed by atoms with Gasteiger partial charge in [0.2, 0.25) is 10.0 Å². The van der Waals surface area contributed by atoms with Gasteiger partial charge >= 0.3 is 0 Å². The van der Waals surface area contributed by atoms with E-state index in [-0.39, 0.29) is 6.04 Å². The van der Waals surface area contributed by atoms with E-state index in [2.05, 4.69) is 23.9 Å². The zero-order chi connectivity index (χ0) is 16.0. The van der Waals surface area contributed by atoms with Gasteiger partial charge in [-0.05, 0) is 26.2 Å². The van der Waals surface area contributed by atoms with Crippen LogP contribution in [0.15, 0.2) is 17.2 Å². The smallest absolute Gasteiger partial charge is 0.242 e. The number of rotatable bonds is 9. The summed E-state index contributed by atoms with van der Waals surface area (Å²) in [5.41, 5.74) is 0.990. The lowest BCUT2D eigenvalue weighted by atomic mass is 10.3. The van der Waals surface area contributed by atoms with Gasteiger partial charge in [0.25, 0.3) is 0 Å². The number of aromatic nitrogens is 1. The van der Waals surface area contributed by atoms with E-state index in [0.717, 1.165) is 18.0 Å². The van der Waals surface area contributed by atoms with Crippen molar-refractivity contribution in [2.24, 2.45) is 0 Å². The Morgan fingerprint density at radius 3 is 2.52 bits per heavy atom. The summed E-state index contributed by atoms with van der Waals surface area (Å²) in [5.74, 6) is 0.759. The third-order valence-corrected chi connectivity index (χ3v) is 5.47. The first-order valence-corrected chi connectivity index (χ1v) is 10.1. The van der Waals surface area contributed by atoms with Crippen LogP contribution in [-0.2, 0) is 23.1 Å². The fourth-order valence-corrected chi connectivity index (χ4v) is 4.04. The molecule has 1 unspecified atom stereocenters. The minimum absolute atomic E-state index is 0.0767. The number of hydrogen-bond donors (Lipinski definition) is 2. The summed E-state index contributed by atoms with van der Waals surface area (Å²) < 4.78 is 29.5. The van der Waals surface area contributed by atoms with Crippen molar-refractivity contribution in [3.8, 4) is 0 Å². The van der Waals surface area contributed by atoms with Crippen molar-refractivity contribution >= 4 is 21.8 Å². The summed E-state index contributed by atoms with van der Waals surface area (Å²) in [6.45, 7) is 9.46. The van der Waals surface area contributed by atoms with Gasteiger partial charge in [0, 0.05) is 42.8 Å². The number of nitrogens with zero attached hydrogens (tertiary/aromatic N) is 1. The van der Waals surface area contributed by atoms with Crippen LogP contribution in [0.1, 0.15) is 33.4 Å². The highest BCUT2D eigenvalue weighted by Gasteiger charge is 2.20. The topological polar surface area (TPSA) is 63.1 Å². The Morgan fingerprint density at radius 2 is 2.00 bits per heavy atom. The summed E-state index contributed by atoms with van der Waals surface area (Å²) in [7, 11) is -3.44. The average Bonchev–Trinajstić information content (AvgIpc) is 2.79. The number of thioether (sulfide) groups is 1. The minimum Gasteiger partial charge on any atom is -0.349 e. The molecule has 1 aromatic rings. The fraction of sp³-hybridized carbons (Fsp3) is 0.714. The summed E-state index contributed by atoms with van der Waals surface area (Å²) in [4.78, 5) is 0.345. The Hall–Kier alpha value is -0.500. The van der Waals surface area contributed by atoms with Crippen LogP contribution in [0.5, 0.6) is 0 Å². The second-order valence-electron chi connectivity index (χ2n) is 5.47. The van der Waals surface area contributed by atoms with Gasteiger partial charge in [0.15, 0.2) is 0 Å². The molecule has 1 rings (SSSR count). The Kier molecular flexibility index (Phi) is 7.26. The molecule has 0 aliphatic carbocycles. The van der Waals surface area contributed by atoms with Gasteiger partial charge in [0.05, 0.1) is 4.90 Å². The van der Waals surface area contributed by atoms with E-state index in [1.165, 1.54) is 0 Å². The maximum Gasteiger partial charge on any atom is 0.242 e. The molecule has 0 spiro atoms. The standard InChI is InChI=1S/C14H27N3O2S2/c1-6-17-9-14(7-13(17)8-15-11(2)3)21(18,19)16-12(4)10-20-5/h7,9,11-12,15-16H,6,8,10H2,1-5H3. The molecule has 122 valence electrons. The van der Waals surface area contributed by atoms with Crippen molar-refractivity contribution in [2.75, 3.05) is 12.0 Å². The molecule has 21 heavy (non-hydrogen) atoms. The third kappa shape index (κ3) is 5.65. The molecule has 7 heteroatoms. The number of hydrogen-bond acceptors (Lipinski definition) is 4. The molecule has 1 aromatic heterocycles. The predicted octanol–water partition coefficient (Wildman–Crippen LogP) is 2.04. The molecule has 0 bridgehead atoms. The second kappa shape index (κ2) is 8.22. The highest BCUT2D eigenvalue weighted by Crippen LogP contribution is 2.15. The number of sulfonamides is 1. The van der Waals surface area contributed by atoms with Gasteiger partial charge in [0.1, 0.15) is 0 Å². The Balaban J connectivity index is 2.92. The minimum atomic E-state index is -3.44. The predicted molar refractivity (Wildman–Crippen MR) is 90.2 cm³/mol. The maximum absolute atomic E-state index is 12.4. The summed E-state index contributed by atoms with van der Waals surface area (Å²) in [5, 5.41) is 3.32. The van der Waals surface area contributed by atoms with E-state index in [9.17, 15) is 8.42 Å². The van der Waals surface area contributed by atoms with E-state index >= 15 is 0 Å². The lowest BCUT2D eigenvalue weighted by Crippen LogP contribution is -2.34. The van der Waals surface area contributed by atoms with Crippen molar-refractivity contribution in [3.63, 3.8) is 0 Å². The largest absolute Gasteiger partial charge is 0.349 e. The van der Waals surface area contributed by atoms with E-state index in [1.807, 2.05) is 24.7 Å². The molecule has 1 heterocycles. The van der Waals surface area contributed by atoms with Crippen LogP contribution in [0.2, 0.25) is 0 Å². The van der Waals surface area contributed by atoms with Gasteiger partial charge in [-0.2, -0.15) is 11.8 Å². The third-order valence-electron chi connectivity index (χ3n) is 3.08. The van der Waals surface area contributed by atoms with Crippen LogP contribution in [0.3, 0.4) is 0 Å². The van der Waals surface area contributed by atoms with Crippen molar-refractivity contribution < 1.29 is 8.42 Å². The highest BCUT2D eigenvalue weighted by atomic mass is 32.2. The van der Waals surface area contributed by atoms with Crippen LogP contribution < -0.4 is 10.0 Å². The molecule has 0 aliphatic heterocycles. The van der Waals surface area contributed by atoms with Crippen LogP contribution in [0.4, 0.5) is 0 Å².